The van der Waals surface area contributed by atoms with Crippen LogP contribution in [0.1, 0.15) is 33.6 Å². The molecule has 0 aliphatic heterocycles. The molecule has 13 heavy (non-hydrogen) atoms. The molecule has 0 spiro atoms. The van der Waals surface area contributed by atoms with Crippen molar-refractivity contribution in [3.63, 3.8) is 0 Å². The first kappa shape index (κ1) is 12.9. The summed E-state index contributed by atoms with van der Waals surface area (Å²) >= 11 is 0. The summed E-state index contributed by atoms with van der Waals surface area (Å²) in [5.41, 5.74) is 5.54. The highest BCUT2D eigenvalue weighted by Gasteiger charge is 2.42. The Hall–Kier alpha value is -0.120. The zero-order valence-corrected chi connectivity index (χ0v) is 9.26. The van der Waals surface area contributed by atoms with Crippen molar-refractivity contribution in [2.24, 2.45) is 11.1 Å². The molecule has 0 aliphatic rings. The largest absolute Gasteiger partial charge is 0.396 e. The molecule has 3 N–H and O–H groups in total. The van der Waals surface area contributed by atoms with Gasteiger partial charge in [-0.1, -0.05) is 20.8 Å². The van der Waals surface area contributed by atoms with Crippen molar-refractivity contribution in [1.82, 2.24) is 0 Å². The zero-order chi connectivity index (χ0) is 10.5. The van der Waals surface area contributed by atoms with E-state index < -0.39 is 5.54 Å². The van der Waals surface area contributed by atoms with Gasteiger partial charge in [0.05, 0.1) is 13.2 Å². The molecule has 0 aromatic carbocycles. The van der Waals surface area contributed by atoms with Crippen molar-refractivity contribution in [3.8, 4) is 0 Å². The Kier molecular flexibility index (Phi) is 4.89. The van der Waals surface area contributed by atoms with Crippen LogP contribution in [0.3, 0.4) is 0 Å². The molecule has 0 bridgehead atoms. The third-order valence-corrected chi connectivity index (χ3v) is 3.36. The second-order valence-corrected chi connectivity index (χ2v) is 4.02. The maximum Gasteiger partial charge on any atom is 0.0648 e. The third kappa shape index (κ3) is 2.42. The van der Waals surface area contributed by atoms with Gasteiger partial charge in [-0.2, -0.15) is 0 Å². The van der Waals surface area contributed by atoms with Gasteiger partial charge in [0.1, 0.15) is 0 Å². The van der Waals surface area contributed by atoms with Gasteiger partial charge in [-0.25, -0.2) is 0 Å². The van der Waals surface area contributed by atoms with Crippen LogP contribution in [0.2, 0.25) is 0 Å². The number of rotatable bonds is 6. The van der Waals surface area contributed by atoms with Crippen molar-refractivity contribution in [2.75, 3.05) is 20.3 Å². The van der Waals surface area contributed by atoms with E-state index >= 15 is 0 Å². The van der Waals surface area contributed by atoms with Gasteiger partial charge in [-0.3, -0.25) is 0 Å². The van der Waals surface area contributed by atoms with Gasteiger partial charge in [0.2, 0.25) is 0 Å². The van der Waals surface area contributed by atoms with Crippen molar-refractivity contribution < 1.29 is 9.84 Å². The molecule has 2 atom stereocenters. The predicted molar refractivity (Wildman–Crippen MR) is 54.6 cm³/mol. The fourth-order valence-corrected chi connectivity index (χ4v) is 1.58. The fraction of sp³-hybridized carbons (Fsp3) is 1.00. The van der Waals surface area contributed by atoms with Gasteiger partial charge < -0.3 is 15.6 Å². The molecule has 0 heterocycles. The molecule has 0 aromatic rings. The molecular formula is C10H23NO2. The second kappa shape index (κ2) is 4.94. The van der Waals surface area contributed by atoms with Crippen molar-refractivity contribution in [1.29, 1.82) is 0 Å². The maximum absolute atomic E-state index is 9.34. The normalized spacial score (nSPS) is 20.8. The second-order valence-electron chi connectivity index (χ2n) is 4.02. The highest BCUT2D eigenvalue weighted by molar-refractivity contribution is 4.98. The van der Waals surface area contributed by atoms with E-state index in [4.69, 9.17) is 10.5 Å². The summed E-state index contributed by atoms with van der Waals surface area (Å²) in [6.07, 6.45) is 1.67. The average molecular weight is 189 g/mol. The Balaban J connectivity index is 4.68. The molecule has 80 valence electrons. The molecule has 0 rings (SSSR count). The van der Waals surface area contributed by atoms with Crippen LogP contribution in [0.25, 0.3) is 0 Å². The molecule has 0 aromatic heterocycles. The van der Waals surface area contributed by atoms with Gasteiger partial charge >= 0.3 is 0 Å². The minimum Gasteiger partial charge on any atom is -0.396 e. The molecule has 0 radical (unpaired) electrons. The van der Waals surface area contributed by atoms with Crippen LogP contribution in [-0.2, 0) is 4.74 Å². The number of aliphatic hydroxyl groups is 1. The maximum atomic E-state index is 9.34. The number of hydrogen-bond donors (Lipinski definition) is 2. The van der Waals surface area contributed by atoms with Crippen LogP contribution in [0, 0.1) is 5.41 Å². The lowest BCUT2D eigenvalue weighted by molar-refractivity contribution is -0.00191. The SMILES string of the molecule is CCC(C)(CO)C(N)(CC)COC. The van der Waals surface area contributed by atoms with Crippen molar-refractivity contribution in [2.45, 2.75) is 39.2 Å². The van der Waals surface area contributed by atoms with Crippen LogP contribution >= 0.6 is 0 Å². The van der Waals surface area contributed by atoms with E-state index in [1.165, 1.54) is 0 Å². The molecular weight excluding hydrogens is 166 g/mol. The number of aliphatic hydroxyl groups excluding tert-OH is 1. The Morgan fingerprint density at radius 2 is 1.85 bits per heavy atom. The molecule has 0 fully saturated rings. The quantitative estimate of drug-likeness (QED) is 0.659. The summed E-state index contributed by atoms with van der Waals surface area (Å²) < 4.78 is 5.11. The molecule has 2 unspecified atom stereocenters. The minimum absolute atomic E-state index is 0.108. The van der Waals surface area contributed by atoms with Gasteiger partial charge in [0, 0.05) is 18.1 Å². The number of hydrogen-bond acceptors (Lipinski definition) is 3. The summed E-state index contributed by atoms with van der Waals surface area (Å²) in [5.74, 6) is 0. The average Bonchev–Trinajstić information content (AvgIpc) is 2.16. The lowest BCUT2D eigenvalue weighted by Crippen LogP contribution is -2.58. The van der Waals surface area contributed by atoms with Crippen molar-refractivity contribution in [3.05, 3.63) is 0 Å². The van der Waals surface area contributed by atoms with E-state index in [2.05, 4.69) is 0 Å². The molecule has 3 nitrogen and oxygen atoms in total. The summed E-state index contributed by atoms with van der Waals surface area (Å²) in [6.45, 7) is 6.69. The molecule has 0 saturated heterocycles. The lowest BCUT2D eigenvalue weighted by Gasteiger charge is -2.44. The van der Waals surface area contributed by atoms with Crippen LogP contribution in [0.4, 0.5) is 0 Å². The predicted octanol–water partition coefficient (Wildman–Crippen LogP) is 1.15. The summed E-state index contributed by atoms with van der Waals surface area (Å²) in [6, 6.07) is 0. The van der Waals surface area contributed by atoms with E-state index in [1.54, 1.807) is 7.11 Å². The topological polar surface area (TPSA) is 55.5 Å². The molecule has 0 saturated carbocycles. The number of methoxy groups -OCH3 is 1. The molecule has 0 aliphatic carbocycles. The number of ether oxygens (including phenoxy) is 1. The van der Waals surface area contributed by atoms with Gasteiger partial charge in [0.15, 0.2) is 0 Å². The Morgan fingerprint density at radius 3 is 2.08 bits per heavy atom. The standard InChI is InChI=1S/C10H23NO2/c1-5-9(3,7-12)10(11,6-2)8-13-4/h12H,5-8,11H2,1-4H3. The Morgan fingerprint density at radius 1 is 1.31 bits per heavy atom. The van der Waals surface area contributed by atoms with Crippen LogP contribution in [0.5, 0.6) is 0 Å². The van der Waals surface area contributed by atoms with E-state index in [-0.39, 0.29) is 12.0 Å². The zero-order valence-electron chi connectivity index (χ0n) is 9.26. The molecule has 0 amide bonds. The van der Waals surface area contributed by atoms with Crippen LogP contribution in [-0.4, -0.2) is 31.0 Å². The van der Waals surface area contributed by atoms with E-state index in [0.29, 0.717) is 6.61 Å². The summed E-state index contributed by atoms with van der Waals surface area (Å²) in [7, 11) is 1.64. The van der Waals surface area contributed by atoms with Gasteiger partial charge in [-0.05, 0) is 12.8 Å². The van der Waals surface area contributed by atoms with E-state index in [1.807, 2.05) is 20.8 Å². The minimum atomic E-state index is -0.425. The molecule has 3 heteroatoms. The van der Waals surface area contributed by atoms with Crippen molar-refractivity contribution >= 4 is 0 Å². The lowest BCUT2D eigenvalue weighted by atomic mass is 9.69. The highest BCUT2D eigenvalue weighted by atomic mass is 16.5. The number of nitrogens with two attached hydrogens (primary N) is 1. The van der Waals surface area contributed by atoms with E-state index in [0.717, 1.165) is 12.8 Å². The Labute approximate surface area is 81.3 Å². The van der Waals surface area contributed by atoms with Crippen LogP contribution < -0.4 is 5.73 Å². The highest BCUT2D eigenvalue weighted by Crippen LogP contribution is 2.34. The third-order valence-electron chi connectivity index (χ3n) is 3.36. The fourth-order valence-electron chi connectivity index (χ4n) is 1.58. The Bertz CT molecular complexity index is 146. The van der Waals surface area contributed by atoms with E-state index in [9.17, 15) is 5.11 Å². The first-order chi connectivity index (χ1) is 5.99. The smallest absolute Gasteiger partial charge is 0.0648 e. The summed E-state index contributed by atoms with van der Waals surface area (Å²) in [4.78, 5) is 0. The van der Waals surface area contributed by atoms with Gasteiger partial charge in [-0.15, -0.1) is 0 Å². The van der Waals surface area contributed by atoms with Gasteiger partial charge in [0.25, 0.3) is 0 Å². The first-order valence-corrected chi connectivity index (χ1v) is 4.88. The monoisotopic (exact) mass is 189 g/mol. The van der Waals surface area contributed by atoms with Crippen LogP contribution in [0.15, 0.2) is 0 Å². The first-order valence-electron chi connectivity index (χ1n) is 4.88. The summed E-state index contributed by atoms with van der Waals surface area (Å²) in [5, 5.41) is 9.34.